The van der Waals surface area contributed by atoms with E-state index in [0.717, 1.165) is 12.1 Å². The van der Waals surface area contributed by atoms with Crippen LogP contribution < -0.4 is 20.7 Å². The van der Waals surface area contributed by atoms with Crippen LogP contribution in [-0.2, 0) is 11.3 Å². The van der Waals surface area contributed by atoms with E-state index in [9.17, 15) is 35.9 Å². The van der Waals surface area contributed by atoms with Crippen molar-refractivity contribution in [3.8, 4) is 5.75 Å². The number of benzene rings is 2. The van der Waals surface area contributed by atoms with E-state index in [0.29, 0.717) is 16.1 Å². The van der Waals surface area contributed by atoms with Crippen molar-refractivity contribution in [3.63, 3.8) is 0 Å². The summed E-state index contributed by atoms with van der Waals surface area (Å²) in [7, 11) is 0. The number of nitrogens with zero attached hydrogens (tertiary/aromatic N) is 1. The standard InChI is InChI=1S/C22H21F6N3O3S.ClH/c23-21(24,25)8-1-9-30-19(32)14-4-7-18-17(10-14)31(20(33)16(29)12-35-18)11-13-2-5-15(6-3-13)34-22(26,27)28;/h2-7,10,16H,1,8-9,11-12,29H2,(H,30,32);1H/t16-;/m0./s1. The third-order valence-corrected chi connectivity index (χ3v) is 6.12. The molecule has 1 aliphatic heterocycles. The average molecular weight is 558 g/mol. The molecule has 1 atom stereocenters. The van der Waals surface area contributed by atoms with E-state index in [2.05, 4.69) is 10.1 Å². The van der Waals surface area contributed by atoms with Crippen molar-refractivity contribution in [2.75, 3.05) is 17.2 Å². The van der Waals surface area contributed by atoms with E-state index >= 15 is 0 Å². The number of fused-ring (bicyclic) bond motifs is 1. The molecule has 2 amide bonds. The number of alkyl halides is 6. The molecule has 0 saturated heterocycles. The molecule has 3 N–H and O–H groups in total. The zero-order valence-corrected chi connectivity index (χ0v) is 20.1. The molecule has 1 heterocycles. The SMILES string of the molecule is Cl.N[C@H]1CSc2ccc(C(=O)NCCCC(F)(F)F)cc2N(Cc2ccc(OC(F)(F)F)cc2)C1=O. The maximum absolute atomic E-state index is 13.0. The van der Waals surface area contributed by atoms with Gasteiger partial charge in [0.2, 0.25) is 5.91 Å². The van der Waals surface area contributed by atoms with Crippen LogP contribution in [0.25, 0.3) is 0 Å². The lowest BCUT2D eigenvalue weighted by atomic mass is 10.1. The molecule has 198 valence electrons. The summed E-state index contributed by atoms with van der Waals surface area (Å²) in [5.41, 5.74) is 6.97. The molecule has 0 spiro atoms. The third kappa shape index (κ3) is 8.49. The van der Waals surface area contributed by atoms with E-state index in [1.807, 2.05) is 0 Å². The van der Waals surface area contributed by atoms with Crippen LogP contribution in [0.1, 0.15) is 28.8 Å². The first-order valence-electron chi connectivity index (χ1n) is 10.4. The molecule has 3 rings (SSSR count). The van der Waals surface area contributed by atoms with E-state index in [4.69, 9.17) is 5.73 Å². The Balaban J connectivity index is 0.00000456. The normalized spacial score (nSPS) is 16.0. The summed E-state index contributed by atoms with van der Waals surface area (Å²) in [5, 5.41) is 2.42. The van der Waals surface area contributed by atoms with Crippen molar-refractivity contribution in [1.82, 2.24) is 5.32 Å². The number of nitrogens with two attached hydrogens (primary N) is 1. The van der Waals surface area contributed by atoms with Crippen LogP contribution >= 0.6 is 24.2 Å². The summed E-state index contributed by atoms with van der Waals surface area (Å²) < 4.78 is 77.9. The molecule has 14 heteroatoms. The summed E-state index contributed by atoms with van der Waals surface area (Å²) >= 11 is 1.30. The fourth-order valence-corrected chi connectivity index (χ4v) is 4.28. The highest BCUT2D eigenvalue weighted by Gasteiger charge is 2.32. The van der Waals surface area contributed by atoms with Crippen molar-refractivity contribution < 1.29 is 40.7 Å². The van der Waals surface area contributed by atoms with Crippen molar-refractivity contribution in [1.29, 1.82) is 0 Å². The predicted molar refractivity (Wildman–Crippen MR) is 124 cm³/mol. The van der Waals surface area contributed by atoms with Crippen molar-refractivity contribution in [2.45, 2.75) is 42.9 Å². The minimum atomic E-state index is -4.84. The summed E-state index contributed by atoms with van der Waals surface area (Å²) in [6.45, 7) is -0.215. The molecule has 2 aromatic rings. The Hall–Kier alpha value is -2.64. The van der Waals surface area contributed by atoms with Gasteiger partial charge in [0.1, 0.15) is 5.75 Å². The maximum Gasteiger partial charge on any atom is 0.573 e. The molecular formula is C22H22ClF6N3O3S. The molecule has 0 radical (unpaired) electrons. The number of hydrogen-bond acceptors (Lipinski definition) is 5. The highest BCUT2D eigenvalue weighted by molar-refractivity contribution is 7.99. The highest BCUT2D eigenvalue weighted by Crippen LogP contribution is 2.36. The Labute approximate surface area is 212 Å². The van der Waals surface area contributed by atoms with Crippen LogP contribution in [-0.4, -0.2) is 42.7 Å². The second-order valence-electron chi connectivity index (χ2n) is 7.69. The van der Waals surface area contributed by atoms with Gasteiger partial charge < -0.3 is 20.7 Å². The second-order valence-corrected chi connectivity index (χ2v) is 8.75. The van der Waals surface area contributed by atoms with Crippen molar-refractivity contribution >= 4 is 41.7 Å². The van der Waals surface area contributed by atoms with Crippen LogP contribution in [0.3, 0.4) is 0 Å². The number of nitrogens with one attached hydrogen (secondary N) is 1. The van der Waals surface area contributed by atoms with Crippen molar-refractivity contribution in [3.05, 3.63) is 53.6 Å². The number of ether oxygens (including phenoxy) is 1. The molecule has 1 aliphatic rings. The lowest BCUT2D eigenvalue weighted by Gasteiger charge is -2.25. The second kappa shape index (κ2) is 12.1. The van der Waals surface area contributed by atoms with Crippen LogP contribution in [0.2, 0.25) is 0 Å². The quantitative estimate of drug-likeness (QED) is 0.368. The molecule has 0 unspecified atom stereocenters. The average Bonchev–Trinajstić information content (AvgIpc) is 2.88. The van der Waals surface area contributed by atoms with Gasteiger partial charge in [0.25, 0.3) is 5.91 Å². The number of anilines is 1. The highest BCUT2D eigenvalue weighted by atomic mass is 35.5. The van der Waals surface area contributed by atoms with Gasteiger partial charge in [-0.1, -0.05) is 12.1 Å². The molecule has 0 bridgehead atoms. The van der Waals surface area contributed by atoms with Gasteiger partial charge in [0, 0.05) is 29.2 Å². The van der Waals surface area contributed by atoms with Gasteiger partial charge in [-0.25, -0.2) is 0 Å². The van der Waals surface area contributed by atoms with E-state index < -0.39 is 42.6 Å². The Morgan fingerprint density at radius 2 is 1.78 bits per heavy atom. The molecule has 6 nitrogen and oxygen atoms in total. The summed E-state index contributed by atoms with van der Waals surface area (Å²) in [5.74, 6) is -1.20. The van der Waals surface area contributed by atoms with Crippen LogP contribution in [0, 0.1) is 0 Å². The number of carbonyl (C=O) groups excluding carboxylic acids is 2. The van der Waals surface area contributed by atoms with Gasteiger partial charge in [0.05, 0.1) is 18.3 Å². The molecule has 0 aromatic heterocycles. The van der Waals surface area contributed by atoms with Crippen LogP contribution in [0.5, 0.6) is 5.75 Å². The zero-order valence-electron chi connectivity index (χ0n) is 18.5. The topological polar surface area (TPSA) is 84.7 Å². The minimum Gasteiger partial charge on any atom is -0.406 e. The molecule has 0 fully saturated rings. The van der Waals surface area contributed by atoms with Gasteiger partial charge in [-0.15, -0.1) is 37.3 Å². The largest absolute Gasteiger partial charge is 0.573 e. The Kier molecular flexibility index (Phi) is 9.92. The fourth-order valence-electron chi connectivity index (χ4n) is 3.30. The molecule has 0 aliphatic carbocycles. The first kappa shape index (κ1) is 29.6. The zero-order chi connectivity index (χ0) is 25.8. The van der Waals surface area contributed by atoms with Gasteiger partial charge >= 0.3 is 12.5 Å². The molecular weight excluding hydrogens is 536 g/mol. The van der Waals surface area contributed by atoms with Crippen LogP contribution in [0.15, 0.2) is 47.4 Å². The van der Waals surface area contributed by atoms with Crippen molar-refractivity contribution in [2.24, 2.45) is 5.73 Å². The number of rotatable bonds is 7. The third-order valence-electron chi connectivity index (χ3n) is 4.93. The number of carbonyl (C=O) groups is 2. The Morgan fingerprint density at radius 1 is 1.11 bits per heavy atom. The van der Waals surface area contributed by atoms with Crippen LogP contribution in [0.4, 0.5) is 32.0 Å². The van der Waals surface area contributed by atoms with E-state index in [-0.39, 0.29) is 43.2 Å². The first-order chi connectivity index (χ1) is 16.3. The summed E-state index contributed by atoms with van der Waals surface area (Å²) in [6.07, 6.45) is -10.5. The maximum atomic E-state index is 13.0. The monoisotopic (exact) mass is 557 g/mol. The molecule has 0 saturated carbocycles. The van der Waals surface area contributed by atoms with Gasteiger partial charge in [0.15, 0.2) is 0 Å². The summed E-state index contributed by atoms with van der Waals surface area (Å²) in [6, 6.07) is 8.66. The Morgan fingerprint density at radius 3 is 2.39 bits per heavy atom. The predicted octanol–water partition coefficient (Wildman–Crippen LogP) is 5.05. The summed E-state index contributed by atoms with van der Waals surface area (Å²) in [4.78, 5) is 27.4. The Bertz CT molecular complexity index is 1070. The van der Waals surface area contributed by atoms with Gasteiger partial charge in [-0.2, -0.15) is 13.2 Å². The van der Waals surface area contributed by atoms with E-state index in [1.165, 1.54) is 40.9 Å². The lowest BCUT2D eigenvalue weighted by Crippen LogP contribution is -2.44. The lowest BCUT2D eigenvalue weighted by molar-refractivity contribution is -0.274. The fraction of sp³-hybridized carbons (Fsp3) is 0.364. The number of amides is 2. The number of halogens is 7. The minimum absolute atomic E-state index is 0. The number of hydrogen-bond donors (Lipinski definition) is 2. The van der Waals surface area contributed by atoms with E-state index in [1.54, 1.807) is 6.07 Å². The smallest absolute Gasteiger partial charge is 0.406 e. The molecule has 2 aromatic carbocycles. The molecule has 36 heavy (non-hydrogen) atoms. The van der Waals surface area contributed by atoms with Gasteiger partial charge in [-0.05, 0) is 42.3 Å². The first-order valence-corrected chi connectivity index (χ1v) is 11.3. The number of thioether (sulfide) groups is 1. The van der Waals surface area contributed by atoms with Gasteiger partial charge in [-0.3, -0.25) is 9.59 Å².